The van der Waals surface area contributed by atoms with Crippen LogP contribution < -0.4 is 4.90 Å². The van der Waals surface area contributed by atoms with Gasteiger partial charge in [-0.3, -0.25) is 4.90 Å². The Labute approximate surface area is 210 Å². The van der Waals surface area contributed by atoms with E-state index in [4.69, 9.17) is 9.47 Å². The number of benzene rings is 1. The van der Waals surface area contributed by atoms with Crippen LogP contribution >= 0.6 is 15.9 Å². The minimum absolute atomic E-state index is 0.0457. The zero-order chi connectivity index (χ0) is 26.1. The molecule has 35 heavy (non-hydrogen) atoms. The highest BCUT2D eigenvalue weighted by Gasteiger charge is 2.36. The fraction of sp³-hybridized carbons (Fsp3) is 0.435. The van der Waals surface area contributed by atoms with Crippen molar-refractivity contribution in [1.29, 1.82) is 0 Å². The maximum atomic E-state index is 15.0. The second-order valence-electron chi connectivity index (χ2n) is 9.73. The molecule has 0 aliphatic carbocycles. The number of hydrogen-bond acceptors (Lipinski definition) is 7. The Morgan fingerprint density at radius 1 is 1.14 bits per heavy atom. The third-order valence-corrected chi connectivity index (χ3v) is 5.11. The number of carbonyl (C=O) groups excluding carboxylic acids is 1. The first-order valence-electron chi connectivity index (χ1n) is 10.7. The number of amides is 1. The number of ether oxygens (including phenoxy) is 2. The minimum Gasteiger partial charge on any atom is -0.443 e. The summed E-state index contributed by atoms with van der Waals surface area (Å²) >= 11 is 3.38. The molecule has 12 heteroatoms. The highest BCUT2D eigenvalue weighted by Crippen LogP contribution is 2.36. The molecule has 0 spiro atoms. The van der Waals surface area contributed by atoms with Crippen molar-refractivity contribution in [3.8, 4) is 17.1 Å². The average molecular weight is 553 g/mol. The van der Waals surface area contributed by atoms with Gasteiger partial charge in [0.2, 0.25) is 0 Å². The maximum Gasteiger partial charge on any atom is 0.416 e. The molecule has 0 N–H and O–H groups in total. The summed E-state index contributed by atoms with van der Waals surface area (Å²) in [6.45, 7) is 10.6. The maximum absolute atomic E-state index is 15.0. The lowest BCUT2D eigenvalue weighted by Crippen LogP contribution is -2.49. The van der Waals surface area contributed by atoms with Crippen LogP contribution in [0.1, 0.15) is 47.1 Å². The molecule has 9 nitrogen and oxygen atoms in total. The number of methoxy groups -OCH3 is 1. The topological polar surface area (TPSA) is 95.3 Å². The number of carbonyl (C=O) groups is 1. The first-order valence-corrected chi connectivity index (χ1v) is 11.5. The van der Waals surface area contributed by atoms with Crippen molar-refractivity contribution in [3.63, 3.8) is 0 Å². The molecule has 0 fully saturated rings. The highest BCUT2D eigenvalue weighted by atomic mass is 79.9. The van der Waals surface area contributed by atoms with Crippen molar-refractivity contribution in [3.05, 3.63) is 46.1 Å². The molecule has 188 valence electrons. The van der Waals surface area contributed by atoms with Gasteiger partial charge in [0.05, 0.1) is 12.2 Å². The first-order chi connectivity index (χ1) is 16.2. The monoisotopic (exact) mass is 552 g/mol. The summed E-state index contributed by atoms with van der Waals surface area (Å²) in [4.78, 5) is 19.1. The molecule has 0 radical (unpaired) electrons. The molecule has 3 rings (SSSR count). The molecular weight excluding hydrogens is 526 g/mol. The molecule has 1 amide bonds. The Hall–Kier alpha value is -2.99. The summed E-state index contributed by atoms with van der Waals surface area (Å²) in [5, 5.41) is 11.6. The zero-order valence-corrected chi connectivity index (χ0v) is 22.1. The summed E-state index contributed by atoms with van der Waals surface area (Å²) < 4.78 is 41.8. The number of anilines is 1. The molecule has 0 saturated carbocycles. The largest absolute Gasteiger partial charge is 0.443 e. The molecule has 0 bridgehead atoms. The number of aromatic nitrogens is 5. The predicted octanol–water partition coefficient (Wildman–Crippen LogP) is 5.45. The van der Waals surface area contributed by atoms with Crippen LogP contribution in [0.15, 0.2) is 28.9 Å². The van der Waals surface area contributed by atoms with Gasteiger partial charge >= 0.3 is 6.09 Å². The van der Waals surface area contributed by atoms with Crippen LogP contribution in [-0.4, -0.2) is 49.5 Å². The summed E-state index contributed by atoms with van der Waals surface area (Å²) in [7, 11) is 1.39. The predicted molar refractivity (Wildman–Crippen MR) is 129 cm³/mol. The van der Waals surface area contributed by atoms with Gasteiger partial charge in [0.25, 0.3) is 0 Å². The number of halogens is 3. The molecule has 0 aliphatic rings. The van der Waals surface area contributed by atoms with Crippen molar-refractivity contribution in [2.45, 2.75) is 59.3 Å². The fourth-order valence-corrected chi connectivity index (χ4v) is 3.62. The third kappa shape index (κ3) is 5.81. The summed E-state index contributed by atoms with van der Waals surface area (Å²) in [6, 6.07) is 4.39. The fourth-order valence-electron chi connectivity index (χ4n) is 3.29. The van der Waals surface area contributed by atoms with E-state index in [1.165, 1.54) is 30.3 Å². The number of rotatable bonds is 5. The van der Waals surface area contributed by atoms with Crippen molar-refractivity contribution < 1.29 is 23.0 Å². The Kier molecular flexibility index (Phi) is 7.56. The SMILES string of the molecule is COCc1ccc(-n2nnnc2-c2cc(Br)cnc2N(C(=O)OC(C)(C)C)C(C)(C)C)c(F)c1F. The summed E-state index contributed by atoms with van der Waals surface area (Å²) in [5.41, 5.74) is -1.40. The van der Waals surface area contributed by atoms with E-state index in [2.05, 4.69) is 36.4 Å². The van der Waals surface area contributed by atoms with Crippen molar-refractivity contribution in [2.75, 3.05) is 12.0 Å². The second-order valence-corrected chi connectivity index (χ2v) is 10.6. The smallest absolute Gasteiger partial charge is 0.416 e. The Bertz CT molecular complexity index is 1240. The Morgan fingerprint density at radius 2 is 1.83 bits per heavy atom. The second kappa shape index (κ2) is 9.94. The zero-order valence-electron chi connectivity index (χ0n) is 20.6. The minimum atomic E-state index is -1.14. The van der Waals surface area contributed by atoms with Crippen LogP contribution in [0.5, 0.6) is 0 Å². The molecule has 0 aliphatic heterocycles. The van der Waals surface area contributed by atoms with Crippen molar-refractivity contribution in [1.82, 2.24) is 25.2 Å². The Morgan fingerprint density at radius 3 is 2.43 bits per heavy atom. The van der Waals surface area contributed by atoms with Gasteiger partial charge in [-0.25, -0.2) is 18.6 Å². The van der Waals surface area contributed by atoms with Crippen LogP contribution in [-0.2, 0) is 16.1 Å². The molecular formula is C23H27BrF2N6O3. The van der Waals surface area contributed by atoms with Gasteiger partial charge in [0.15, 0.2) is 17.5 Å². The molecule has 0 unspecified atom stereocenters. The lowest BCUT2D eigenvalue weighted by molar-refractivity contribution is 0.0549. The average Bonchev–Trinajstić information content (AvgIpc) is 3.20. The third-order valence-electron chi connectivity index (χ3n) is 4.67. The van der Waals surface area contributed by atoms with Crippen LogP contribution in [0.4, 0.5) is 19.4 Å². The number of nitrogens with zero attached hydrogens (tertiary/aromatic N) is 6. The number of tetrazole rings is 1. The van der Waals surface area contributed by atoms with Crippen LogP contribution in [0, 0.1) is 11.6 Å². The van der Waals surface area contributed by atoms with E-state index in [0.717, 1.165) is 4.68 Å². The number of hydrogen-bond donors (Lipinski definition) is 0. The van der Waals surface area contributed by atoms with Gasteiger partial charge in [-0.15, -0.1) is 5.10 Å². The standard InChI is InChI=1S/C23H27BrF2N6O3/c1-22(2,3)31(21(33)35-23(4,5)6)19-15(10-14(24)11-27-19)20-28-29-30-32(20)16-9-8-13(12-34-7)17(25)18(16)26/h8-11H,12H2,1-7H3. The van der Waals surface area contributed by atoms with Crippen LogP contribution in [0.2, 0.25) is 0 Å². The van der Waals surface area contributed by atoms with Gasteiger partial charge in [-0.2, -0.15) is 4.68 Å². The summed E-state index contributed by atoms with van der Waals surface area (Å²) in [6.07, 6.45) is 0.872. The first kappa shape index (κ1) is 26.6. The van der Waals surface area contributed by atoms with Gasteiger partial charge < -0.3 is 9.47 Å². The Balaban J connectivity index is 2.21. The van der Waals surface area contributed by atoms with E-state index in [1.807, 2.05) is 20.8 Å². The van der Waals surface area contributed by atoms with Gasteiger partial charge in [-0.1, -0.05) is 6.07 Å². The van der Waals surface area contributed by atoms with Crippen molar-refractivity contribution in [2.24, 2.45) is 0 Å². The molecule has 2 heterocycles. The molecule has 1 aromatic carbocycles. The molecule has 2 aromatic heterocycles. The van der Waals surface area contributed by atoms with E-state index in [-0.39, 0.29) is 29.5 Å². The lowest BCUT2D eigenvalue weighted by atomic mass is 10.1. The van der Waals surface area contributed by atoms with Crippen LogP contribution in [0.25, 0.3) is 17.1 Å². The van der Waals surface area contributed by atoms with Gasteiger partial charge in [0.1, 0.15) is 17.1 Å². The molecule has 0 atom stereocenters. The van der Waals surface area contributed by atoms with E-state index < -0.39 is 28.9 Å². The highest BCUT2D eigenvalue weighted by molar-refractivity contribution is 9.10. The van der Waals surface area contributed by atoms with Gasteiger partial charge in [0, 0.05) is 28.9 Å². The quantitative estimate of drug-likeness (QED) is 0.415. The van der Waals surface area contributed by atoms with E-state index in [1.54, 1.807) is 26.8 Å². The lowest BCUT2D eigenvalue weighted by Gasteiger charge is -2.36. The van der Waals surface area contributed by atoms with Crippen molar-refractivity contribution >= 4 is 27.8 Å². The molecule has 0 saturated heterocycles. The van der Waals surface area contributed by atoms with E-state index in [9.17, 15) is 9.18 Å². The van der Waals surface area contributed by atoms with E-state index >= 15 is 4.39 Å². The van der Waals surface area contributed by atoms with Crippen LogP contribution in [0.3, 0.4) is 0 Å². The van der Waals surface area contributed by atoms with E-state index in [0.29, 0.717) is 10.0 Å². The number of pyridine rings is 1. The molecule has 3 aromatic rings. The normalized spacial score (nSPS) is 12.1. The summed E-state index contributed by atoms with van der Waals surface area (Å²) in [5.74, 6) is -1.98. The van der Waals surface area contributed by atoms with Gasteiger partial charge in [-0.05, 0) is 80.0 Å².